The molecule has 2 aliphatic carbocycles. The van der Waals surface area contributed by atoms with E-state index in [1.165, 1.54) is 43.2 Å². The molecule has 104 valence electrons. The summed E-state index contributed by atoms with van der Waals surface area (Å²) in [6.45, 7) is 5.62. The number of hydrogen-bond acceptors (Lipinski definition) is 1. The summed E-state index contributed by atoms with van der Waals surface area (Å²) in [4.78, 5) is 0. The Morgan fingerprint density at radius 3 is 1.95 bits per heavy atom. The van der Waals surface area contributed by atoms with Gasteiger partial charge in [-0.05, 0) is 61.0 Å². The van der Waals surface area contributed by atoms with Crippen molar-refractivity contribution < 1.29 is 0 Å². The van der Waals surface area contributed by atoms with Crippen LogP contribution in [0.2, 0.25) is 0 Å². The molecule has 0 aromatic heterocycles. The van der Waals surface area contributed by atoms with Crippen LogP contribution in [0.25, 0.3) is 0 Å². The van der Waals surface area contributed by atoms with E-state index in [1.807, 2.05) is 0 Å². The third kappa shape index (κ3) is 3.82. The Bertz CT molecular complexity index is 386. The van der Waals surface area contributed by atoms with Gasteiger partial charge in [-0.1, -0.05) is 38.1 Å². The Hall–Kier alpha value is -0.820. The fourth-order valence-corrected chi connectivity index (χ4v) is 3.13. The van der Waals surface area contributed by atoms with Crippen molar-refractivity contribution in [3.05, 3.63) is 35.4 Å². The van der Waals surface area contributed by atoms with Crippen LogP contribution >= 0.6 is 0 Å². The van der Waals surface area contributed by atoms with E-state index >= 15 is 0 Å². The molecule has 0 amide bonds. The van der Waals surface area contributed by atoms with Crippen LogP contribution in [-0.4, -0.2) is 6.04 Å². The van der Waals surface area contributed by atoms with Crippen LogP contribution in [0.15, 0.2) is 24.3 Å². The van der Waals surface area contributed by atoms with Crippen LogP contribution < -0.4 is 5.32 Å². The van der Waals surface area contributed by atoms with Crippen molar-refractivity contribution in [3.63, 3.8) is 0 Å². The molecule has 0 unspecified atom stereocenters. The van der Waals surface area contributed by atoms with Crippen molar-refractivity contribution in [3.8, 4) is 0 Å². The van der Waals surface area contributed by atoms with Gasteiger partial charge in [0.2, 0.25) is 0 Å². The van der Waals surface area contributed by atoms with Crippen molar-refractivity contribution in [1.29, 1.82) is 0 Å². The fourth-order valence-electron chi connectivity index (χ4n) is 3.13. The molecule has 2 aliphatic rings. The maximum absolute atomic E-state index is 3.82. The highest BCUT2D eigenvalue weighted by atomic mass is 14.9. The molecule has 0 heterocycles. The predicted molar refractivity (Wildman–Crippen MR) is 81.1 cm³/mol. The molecule has 3 rings (SSSR count). The molecule has 1 nitrogen and oxygen atoms in total. The van der Waals surface area contributed by atoms with Gasteiger partial charge in [0.05, 0.1) is 0 Å². The van der Waals surface area contributed by atoms with Crippen LogP contribution in [-0.2, 0) is 13.0 Å². The van der Waals surface area contributed by atoms with Gasteiger partial charge in [0.15, 0.2) is 0 Å². The van der Waals surface area contributed by atoms with Gasteiger partial charge in [-0.2, -0.15) is 0 Å². The molecule has 1 heteroatoms. The van der Waals surface area contributed by atoms with E-state index < -0.39 is 0 Å². The van der Waals surface area contributed by atoms with Crippen LogP contribution in [0.5, 0.6) is 0 Å². The van der Waals surface area contributed by atoms with Crippen LogP contribution in [0.4, 0.5) is 0 Å². The number of rotatable bonds is 7. The van der Waals surface area contributed by atoms with Gasteiger partial charge in [0.1, 0.15) is 0 Å². The molecule has 0 saturated heterocycles. The van der Waals surface area contributed by atoms with Crippen molar-refractivity contribution in [2.45, 2.75) is 58.5 Å². The first kappa shape index (κ1) is 13.2. The maximum atomic E-state index is 3.82. The van der Waals surface area contributed by atoms with Crippen LogP contribution in [0.1, 0.15) is 50.7 Å². The topological polar surface area (TPSA) is 12.0 Å². The van der Waals surface area contributed by atoms with E-state index in [1.54, 1.807) is 0 Å². The molecule has 0 spiro atoms. The van der Waals surface area contributed by atoms with E-state index in [0.717, 1.165) is 30.3 Å². The Kier molecular flexibility index (Phi) is 3.93. The quantitative estimate of drug-likeness (QED) is 0.773. The lowest BCUT2D eigenvalue weighted by molar-refractivity contribution is 0.416. The summed E-state index contributed by atoms with van der Waals surface area (Å²) in [6.07, 6.45) is 7.03. The number of hydrogen-bond donors (Lipinski definition) is 1. The van der Waals surface area contributed by atoms with Gasteiger partial charge in [-0.15, -0.1) is 0 Å². The Balaban J connectivity index is 1.51. The van der Waals surface area contributed by atoms with Gasteiger partial charge in [-0.25, -0.2) is 0 Å². The molecular formula is C18H27N. The molecule has 1 aromatic carbocycles. The largest absolute Gasteiger partial charge is 0.309 e. The minimum absolute atomic E-state index is 0.748. The summed E-state index contributed by atoms with van der Waals surface area (Å²) in [5.41, 5.74) is 2.92. The van der Waals surface area contributed by atoms with Crippen molar-refractivity contribution >= 4 is 0 Å². The zero-order valence-corrected chi connectivity index (χ0v) is 12.4. The molecule has 1 aromatic rings. The monoisotopic (exact) mass is 257 g/mol. The van der Waals surface area contributed by atoms with E-state index in [-0.39, 0.29) is 0 Å². The molecule has 2 saturated carbocycles. The minimum atomic E-state index is 0.748. The summed E-state index contributed by atoms with van der Waals surface area (Å²) in [7, 11) is 0. The van der Waals surface area contributed by atoms with E-state index in [0.29, 0.717) is 0 Å². The van der Waals surface area contributed by atoms with Gasteiger partial charge in [0.25, 0.3) is 0 Å². The van der Waals surface area contributed by atoms with E-state index in [2.05, 4.69) is 43.4 Å². The van der Waals surface area contributed by atoms with Crippen molar-refractivity contribution in [2.75, 3.05) is 0 Å². The van der Waals surface area contributed by atoms with Gasteiger partial charge in [-0.3, -0.25) is 0 Å². The molecule has 0 bridgehead atoms. The lowest BCUT2D eigenvalue weighted by atomic mass is 10.0. The molecule has 0 atom stereocenters. The molecule has 1 N–H and O–H groups in total. The minimum Gasteiger partial charge on any atom is -0.309 e. The molecule has 2 fully saturated rings. The highest BCUT2D eigenvalue weighted by Gasteiger charge is 2.40. The second kappa shape index (κ2) is 5.66. The summed E-state index contributed by atoms with van der Waals surface area (Å²) in [5, 5.41) is 3.82. The SMILES string of the molecule is CC(C)Cc1ccc(CNC(C2CC2)C2CC2)cc1. The van der Waals surface area contributed by atoms with Crippen LogP contribution in [0, 0.1) is 17.8 Å². The third-order valence-corrected chi connectivity index (χ3v) is 4.47. The zero-order valence-electron chi connectivity index (χ0n) is 12.4. The molecule has 19 heavy (non-hydrogen) atoms. The molecule has 0 aliphatic heterocycles. The summed E-state index contributed by atoms with van der Waals surface area (Å²) < 4.78 is 0. The van der Waals surface area contributed by atoms with Crippen LogP contribution in [0.3, 0.4) is 0 Å². The zero-order chi connectivity index (χ0) is 13.2. The van der Waals surface area contributed by atoms with Gasteiger partial charge < -0.3 is 5.32 Å². The highest BCUT2D eigenvalue weighted by Crippen LogP contribution is 2.44. The van der Waals surface area contributed by atoms with Gasteiger partial charge >= 0.3 is 0 Å². The first-order valence-corrected chi connectivity index (χ1v) is 8.03. The maximum Gasteiger partial charge on any atom is 0.0208 e. The van der Waals surface area contributed by atoms with Crippen molar-refractivity contribution in [1.82, 2.24) is 5.32 Å². The predicted octanol–water partition coefficient (Wildman–Crippen LogP) is 4.16. The first-order valence-electron chi connectivity index (χ1n) is 8.03. The second-order valence-electron chi connectivity index (χ2n) is 7.00. The van der Waals surface area contributed by atoms with Crippen molar-refractivity contribution in [2.24, 2.45) is 17.8 Å². The summed E-state index contributed by atoms with van der Waals surface area (Å²) >= 11 is 0. The second-order valence-corrected chi connectivity index (χ2v) is 7.00. The average molecular weight is 257 g/mol. The van der Waals surface area contributed by atoms with E-state index in [9.17, 15) is 0 Å². The Morgan fingerprint density at radius 1 is 0.947 bits per heavy atom. The smallest absolute Gasteiger partial charge is 0.0208 e. The van der Waals surface area contributed by atoms with Gasteiger partial charge in [0, 0.05) is 12.6 Å². The Morgan fingerprint density at radius 2 is 1.47 bits per heavy atom. The fraction of sp³-hybridized carbons (Fsp3) is 0.667. The summed E-state index contributed by atoms with van der Waals surface area (Å²) in [6, 6.07) is 10.0. The normalized spacial score (nSPS) is 19.4. The summed E-state index contributed by atoms with van der Waals surface area (Å²) in [5.74, 6) is 2.73. The molecule has 0 radical (unpaired) electrons. The highest BCUT2D eigenvalue weighted by molar-refractivity contribution is 5.23. The average Bonchev–Trinajstić information content (AvgIpc) is 3.25. The lowest BCUT2D eigenvalue weighted by Crippen LogP contribution is -2.32. The lowest BCUT2D eigenvalue weighted by Gasteiger charge is -2.17. The third-order valence-electron chi connectivity index (χ3n) is 4.47. The number of nitrogens with one attached hydrogen (secondary N) is 1. The standard InChI is InChI=1S/C18H27N/c1-13(2)11-14-3-5-15(6-4-14)12-19-18(16-7-8-16)17-9-10-17/h3-6,13,16-19H,7-12H2,1-2H3. The van der Waals surface area contributed by atoms with E-state index in [4.69, 9.17) is 0 Å². The first-order chi connectivity index (χ1) is 9.22. The Labute approximate surface area is 117 Å². The molecular weight excluding hydrogens is 230 g/mol. The number of benzene rings is 1.